The van der Waals surface area contributed by atoms with E-state index >= 15 is 0 Å². The van der Waals surface area contributed by atoms with E-state index in [1.54, 1.807) is 17.2 Å². The zero-order chi connectivity index (χ0) is 19.3. The van der Waals surface area contributed by atoms with Crippen molar-refractivity contribution in [2.75, 3.05) is 5.75 Å². The highest BCUT2D eigenvalue weighted by Gasteiger charge is 2.26. The van der Waals surface area contributed by atoms with Gasteiger partial charge in [-0.2, -0.15) is 0 Å². The van der Waals surface area contributed by atoms with Crippen LogP contribution >= 0.6 is 11.8 Å². The lowest BCUT2D eigenvalue weighted by molar-refractivity contribution is -0.129. The lowest BCUT2D eigenvalue weighted by Crippen LogP contribution is -2.17. The Morgan fingerprint density at radius 2 is 1.52 bits per heavy atom. The van der Waals surface area contributed by atoms with Crippen LogP contribution in [0.25, 0.3) is 0 Å². The average Bonchev–Trinajstić information content (AvgIpc) is 2.49. The van der Waals surface area contributed by atoms with Crippen molar-refractivity contribution >= 4 is 17.7 Å². The Hall–Kier alpha value is -1.20. The van der Waals surface area contributed by atoms with Gasteiger partial charge in [0.25, 0.3) is 0 Å². The number of carbonyl (C=O) groups excluding carboxylic acids is 1. The molecule has 142 valence electrons. The van der Waals surface area contributed by atoms with Gasteiger partial charge in [-0.05, 0) is 41.6 Å². The van der Waals surface area contributed by atoms with Crippen LogP contribution in [0.2, 0.25) is 0 Å². The van der Waals surface area contributed by atoms with Gasteiger partial charge in [0.05, 0.1) is 0 Å². The van der Waals surface area contributed by atoms with Gasteiger partial charge in [-0.25, -0.2) is 5.48 Å². The third-order valence-electron chi connectivity index (χ3n) is 4.14. The Morgan fingerprint density at radius 3 is 1.96 bits per heavy atom. The predicted octanol–water partition coefficient (Wildman–Crippen LogP) is 5.15. The molecule has 1 aromatic carbocycles. The van der Waals surface area contributed by atoms with Gasteiger partial charge in [0.2, 0.25) is 5.91 Å². The summed E-state index contributed by atoms with van der Waals surface area (Å²) >= 11 is 1.79. The minimum atomic E-state index is -0.323. The van der Waals surface area contributed by atoms with Gasteiger partial charge in [0, 0.05) is 22.4 Å². The van der Waals surface area contributed by atoms with Crippen LogP contribution < -0.4 is 5.48 Å². The van der Waals surface area contributed by atoms with Crippen LogP contribution in [0.1, 0.15) is 78.4 Å². The van der Waals surface area contributed by atoms with E-state index in [1.165, 1.54) is 4.90 Å². The Kier molecular flexibility index (Phi) is 7.82. The molecule has 0 spiro atoms. The zero-order valence-electron chi connectivity index (χ0n) is 16.4. The molecule has 1 aromatic rings. The summed E-state index contributed by atoms with van der Waals surface area (Å²) in [4.78, 5) is 12.2. The molecule has 5 heteroatoms. The summed E-state index contributed by atoms with van der Waals surface area (Å²) in [5, 5.41) is 19.2. The third-order valence-corrected chi connectivity index (χ3v) is 5.20. The second kappa shape index (κ2) is 8.95. The zero-order valence-corrected chi connectivity index (χ0v) is 17.2. The molecule has 0 saturated heterocycles. The number of rotatable bonds is 7. The molecule has 0 atom stereocenters. The maximum absolute atomic E-state index is 11.0. The first-order valence-electron chi connectivity index (χ1n) is 8.90. The van der Waals surface area contributed by atoms with Gasteiger partial charge in [-0.15, -0.1) is 11.8 Å². The molecule has 0 saturated carbocycles. The van der Waals surface area contributed by atoms with Crippen molar-refractivity contribution in [3.8, 4) is 5.75 Å². The molecule has 0 bridgehead atoms. The van der Waals surface area contributed by atoms with Crippen molar-refractivity contribution < 1.29 is 15.1 Å². The van der Waals surface area contributed by atoms with Crippen LogP contribution in [0, 0.1) is 0 Å². The molecule has 1 amide bonds. The third kappa shape index (κ3) is 6.90. The topological polar surface area (TPSA) is 69.6 Å². The van der Waals surface area contributed by atoms with E-state index in [0.717, 1.165) is 36.1 Å². The number of amides is 1. The average molecular weight is 368 g/mol. The molecule has 0 unspecified atom stereocenters. The SMILES string of the molecule is CC(C)(C)c1cc(SCCCCCC(=O)NO)cc(C(C)(C)C)c1O. The summed E-state index contributed by atoms with van der Waals surface area (Å²) in [5.41, 5.74) is 3.41. The number of thioether (sulfide) groups is 1. The first-order chi connectivity index (χ1) is 11.5. The number of hydroxylamine groups is 1. The van der Waals surface area contributed by atoms with Crippen LogP contribution in [0.15, 0.2) is 17.0 Å². The normalized spacial score (nSPS) is 12.3. The standard InChI is InChI=1S/C20H33NO3S/c1-19(2,3)15-12-14(13-16(18(15)23)20(4,5)6)25-11-9-7-8-10-17(22)21-24/h12-13,23-24H,7-11H2,1-6H3,(H,21,22). The van der Waals surface area contributed by atoms with Gasteiger partial charge in [0.1, 0.15) is 5.75 Å². The number of unbranched alkanes of at least 4 members (excludes halogenated alkanes) is 2. The van der Waals surface area contributed by atoms with Crippen LogP contribution in [0.4, 0.5) is 0 Å². The van der Waals surface area contributed by atoms with Gasteiger partial charge in [0.15, 0.2) is 0 Å². The number of phenols is 1. The summed E-state index contributed by atoms with van der Waals surface area (Å²) in [6, 6.07) is 4.21. The van der Waals surface area contributed by atoms with Gasteiger partial charge >= 0.3 is 0 Å². The van der Waals surface area contributed by atoms with Crippen LogP contribution in [0.3, 0.4) is 0 Å². The molecule has 25 heavy (non-hydrogen) atoms. The number of nitrogens with one attached hydrogen (secondary N) is 1. The highest BCUT2D eigenvalue weighted by molar-refractivity contribution is 7.99. The molecular formula is C20H33NO3S. The Bertz CT molecular complexity index is 551. The van der Waals surface area contributed by atoms with Crippen molar-refractivity contribution in [3.05, 3.63) is 23.3 Å². The summed E-state index contributed by atoms with van der Waals surface area (Å²) in [5.74, 6) is 1.06. The second-order valence-electron chi connectivity index (χ2n) is 8.56. The minimum absolute atomic E-state index is 0.113. The lowest BCUT2D eigenvalue weighted by atomic mass is 9.79. The Balaban J connectivity index is 2.78. The van der Waals surface area contributed by atoms with Crippen LogP contribution in [-0.2, 0) is 15.6 Å². The van der Waals surface area contributed by atoms with E-state index in [2.05, 4.69) is 53.7 Å². The number of benzene rings is 1. The maximum Gasteiger partial charge on any atom is 0.243 e. The number of phenolic OH excluding ortho intramolecular Hbond substituents is 1. The monoisotopic (exact) mass is 367 g/mol. The van der Waals surface area contributed by atoms with E-state index in [-0.39, 0.29) is 16.7 Å². The highest BCUT2D eigenvalue weighted by atomic mass is 32.2. The van der Waals surface area contributed by atoms with E-state index in [4.69, 9.17) is 5.21 Å². The van der Waals surface area contributed by atoms with Gasteiger partial charge in [-0.3, -0.25) is 10.0 Å². The van der Waals surface area contributed by atoms with E-state index in [9.17, 15) is 9.90 Å². The van der Waals surface area contributed by atoms with Crippen molar-refractivity contribution in [2.45, 2.75) is 83.0 Å². The molecule has 1 rings (SSSR count). The quantitative estimate of drug-likeness (QED) is 0.270. The largest absolute Gasteiger partial charge is 0.507 e. The Labute approximate surface area is 156 Å². The van der Waals surface area contributed by atoms with Gasteiger partial charge in [-0.1, -0.05) is 48.0 Å². The minimum Gasteiger partial charge on any atom is -0.507 e. The van der Waals surface area contributed by atoms with Crippen molar-refractivity contribution in [1.29, 1.82) is 0 Å². The molecule has 0 aliphatic heterocycles. The number of aromatic hydroxyl groups is 1. The molecule has 0 aliphatic carbocycles. The van der Waals surface area contributed by atoms with E-state index < -0.39 is 0 Å². The summed E-state index contributed by atoms with van der Waals surface area (Å²) in [7, 11) is 0. The first kappa shape index (κ1) is 21.8. The molecule has 0 aromatic heterocycles. The van der Waals surface area contributed by atoms with E-state index in [0.29, 0.717) is 12.2 Å². The highest BCUT2D eigenvalue weighted by Crippen LogP contribution is 2.41. The van der Waals surface area contributed by atoms with Gasteiger partial charge < -0.3 is 5.11 Å². The summed E-state index contributed by atoms with van der Waals surface area (Å²) in [6.07, 6.45) is 3.11. The van der Waals surface area contributed by atoms with E-state index in [1.807, 2.05) is 0 Å². The number of hydrogen-bond donors (Lipinski definition) is 3. The molecule has 4 nitrogen and oxygen atoms in total. The first-order valence-corrected chi connectivity index (χ1v) is 9.89. The molecule has 0 aliphatic rings. The molecule has 0 radical (unpaired) electrons. The van der Waals surface area contributed by atoms with Crippen molar-refractivity contribution in [1.82, 2.24) is 5.48 Å². The molecule has 3 N–H and O–H groups in total. The molecular weight excluding hydrogens is 334 g/mol. The van der Waals surface area contributed by atoms with Crippen molar-refractivity contribution in [2.24, 2.45) is 0 Å². The van der Waals surface area contributed by atoms with Crippen LogP contribution in [0.5, 0.6) is 5.75 Å². The molecule has 0 heterocycles. The fourth-order valence-corrected chi connectivity index (χ4v) is 3.63. The smallest absolute Gasteiger partial charge is 0.243 e. The summed E-state index contributed by atoms with van der Waals surface area (Å²) in [6.45, 7) is 12.7. The Morgan fingerprint density at radius 1 is 1.00 bits per heavy atom. The maximum atomic E-state index is 11.0. The van der Waals surface area contributed by atoms with Crippen molar-refractivity contribution in [3.63, 3.8) is 0 Å². The summed E-state index contributed by atoms with van der Waals surface area (Å²) < 4.78 is 0. The predicted molar refractivity (Wildman–Crippen MR) is 105 cm³/mol. The fraction of sp³-hybridized carbons (Fsp3) is 0.650. The second-order valence-corrected chi connectivity index (χ2v) is 9.73. The number of hydrogen-bond acceptors (Lipinski definition) is 4. The lowest BCUT2D eigenvalue weighted by Gasteiger charge is -2.28. The van der Waals surface area contributed by atoms with Crippen LogP contribution in [-0.4, -0.2) is 22.0 Å². The number of carbonyl (C=O) groups is 1. The molecule has 0 fully saturated rings. The fourth-order valence-electron chi connectivity index (χ4n) is 2.65.